The number of anilines is 1. The summed E-state index contributed by atoms with van der Waals surface area (Å²) in [4.78, 5) is 26.4. The van der Waals surface area contributed by atoms with Gasteiger partial charge in [-0.25, -0.2) is 4.79 Å². The standard InChI is InChI=1S/C19H30N4O2/c1-13-6-5-9-23(11-13)12-15(3)21-19(25)22-17-10-16(18(24)20-4)8-7-14(17)2/h7-8,10,13,15H,5-6,9,11-12H2,1-4H3,(H,20,24)(H2,21,22,25)/t13-,15-/m0/s1. The van der Waals surface area contributed by atoms with Crippen LogP contribution in [0.15, 0.2) is 18.2 Å². The number of nitrogens with zero attached hydrogens (tertiary/aromatic N) is 1. The number of piperidine rings is 1. The zero-order chi connectivity index (χ0) is 18.4. The molecule has 3 N–H and O–H groups in total. The molecule has 2 rings (SSSR count). The lowest BCUT2D eigenvalue weighted by molar-refractivity contribution is 0.0963. The highest BCUT2D eigenvalue weighted by Crippen LogP contribution is 2.17. The molecule has 25 heavy (non-hydrogen) atoms. The second kappa shape index (κ2) is 8.85. The fourth-order valence-electron chi connectivity index (χ4n) is 3.31. The largest absolute Gasteiger partial charge is 0.355 e. The van der Waals surface area contributed by atoms with E-state index in [4.69, 9.17) is 0 Å². The Balaban J connectivity index is 1.90. The molecule has 3 amide bonds. The summed E-state index contributed by atoms with van der Waals surface area (Å²) in [5, 5.41) is 8.44. The quantitative estimate of drug-likeness (QED) is 0.767. The molecular formula is C19H30N4O2. The molecule has 0 aromatic heterocycles. The number of rotatable bonds is 5. The van der Waals surface area contributed by atoms with Gasteiger partial charge < -0.3 is 20.9 Å². The number of urea groups is 1. The lowest BCUT2D eigenvalue weighted by atomic mass is 10.00. The van der Waals surface area contributed by atoms with Gasteiger partial charge in [-0.3, -0.25) is 4.79 Å². The van der Waals surface area contributed by atoms with Crippen molar-refractivity contribution < 1.29 is 9.59 Å². The van der Waals surface area contributed by atoms with E-state index in [-0.39, 0.29) is 18.0 Å². The zero-order valence-electron chi connectivity index (χ0n) is 15.7. The van der Waals surface area contributed by atoms with E-state index < -0.39 is 0 Å². The maximum atomic E-state index is 12.3. The first-order chi connectivity index (χ1) is 11.9. The number of hydrogen-bond acceptors (Lipinski definition) is 3. The molecule has 1 aliphatic heterocycles. The Bertz CT molecular complexity index is 617. The Morgan fingerprint density at radius 1 is 1.36 bits per heavy atom. The number of nitrogens with one attached hydrogen (secondary N) is 3. The number of hydrogen-bond donors (Lipinski definition) is 3. The van der Waals surface area contributed by atoms with E-state index in [0.717, 1.165) is 31.1 Å². The number of likely N-dealkylation sites (tertiary alicyclic amines) is 1. The van der Waals surface area contributed by atoms with Crippen LogP contribution in [0.2, 0.25) is 0 Å². The normalized spacial score (nSPS) is 19.1. The Hall–Kier alpha value is -2.08. The molecule has 0 saturated carbocycles. The van der Waals surface area contributed by atoms with Gasteiger partial charge in [0.15, 0.2) is 0 Å². The van der Waals surface area contributed by atoms with Gasteiger partial charge in [-0.15, -0.1) is 0 Å². The van der Waals surface area contributed by atoms with Gasteiger partial charge in [0.1, 0.15) is 0 Å². The van der Waals surface area contributed by atoms with Gasteiger partial charge in [0.25, 0.3) is 5.91 Å². The van der Waals surface area contributed by atoms with E-state index in [1.807, 2.05) is 19.9 Å². The molecule has 1 saturated heterocycles. The summed E-state index contributed by atoms with van der Waals surface area (Å²) in [7, 11) is 1.59. The number of carbonyl (C=O) groups excluding carboxylic acids is 2. The maximum Gasteiger partial charge on any atom is 0.319 e. The van der Waals surface area contributed by atoms with Crippen molar-refractivity contribution in [1.29, 1.82) is 0 Å². The molecule has 138 valence electrons. The van der Waals surface area contributed by atoms with Crippen molar-refractivity contribution in [2.45, 2.75) is 39.7 Å². The summed E-state index contributed by atoms with van der Waals surface area (Å²) in [6.07, 6.45) is 2.52. The molecule has 0 radical (unpaired) electrons. The first kappa shape index (κ1) is 19.2. The van der Waals surface area contributed by atoms with Crippen molar-refractivity contribution in [2.24, 2.45) is 5.92 Å². The van der Waals surface area contributed by atoms with Crippen LogP contribution in [0.5, 0.6) is 0 Å². The van der Waals surface area contributed by atoms with Crippen LogP contribution in [0.4, 0.5) is 10.5 Å². The maximum absolute atomic E-state index is 12.3. The van der Waals surface area contributed by atoms with E-state index in [1.165, 1.54) is 12.8 Å². The summed E-state index contributed by atoms with van der Waals surface area (Å²) in [5.41, 5.74) is 2.09. The first-order valence-electron chi connectivity index (χ1n) is 9.01. The molecule has 0 spiro atoms. The van der Waals surface area contributed by atoms with Gasteiger partial charge in [-0.2, -0.15) is 0 Å². The van der Waals surface area contributed by atoms with Crippen molar-refractivity contribution in [1.82, 2.24) is 15.5 Å². The molecule has 1 heterocycles. The second-order valence-electron chi connectivity index (χ2n) is 7.12. The van der Waals surface area contributed by atoms with Crippen LogP contribution in [0.3, 0.4) is 0 Å². The highest BCUT2D eigenvalue weighted by atomic mass is 16.2. The Kier molecular flexibility index (Phi) is 6.82. The number of benzene rings is 1. The van der Waals surface area contributed by atoms with Gasteiger partial charge in [-0.05, 0) is 56.8 Å². The third-order valence-electron chi connectivity index (χ3n) is 4.63. The van der Waals surface area contributed by atoms with Gasteiger partial charge in [0, 0.05) is 37.4 Å². The van der Waals surface area contributed by atoms with Crippen molar-refractivity contribution in [3.63, 3.8) is 0 Å². The Morgan fingerprint density at radius 3 is 2.80 bits per heavy atom. The van der Waals surface area contributed by atoms with Crippen LogP contribution in [0, 0.1) is 12.8 Å². The van der Waals surface area contributed by atoms with Gasteiger partial charge in [0.05, 0.1) is 0 Å². The summed E-state index contributed by atoms with van der Waals surface area (Å²) in [5.74, 6) is 0.556. The van der Waals surface area contributed by atoms with Crippen LogP contribution in [0.1, 0.15) is 42.6 Å². The topological polar surface area (TPSA) is 73.5 Å². The fourth-order valence-corrected chi connectivity index (χ4v) is 3.31. The number of amides is 3. The Labute approximate surface area is 150 Å². The highest BCUT2D eigenvalue weighted by Gasteiger charge is 2.19. The van der Waals surface area contributed by atoms with Crippen LogP contribution >= 0.6 is 0 Å². The van der Waals surface area contributed by atoms with E-state index in [0.29, 0.717) is 11.3 Å². The van der Waals surface area contributed by atoms with Crippen LogP contribution in [0.25, 0.3) is 0 Å². The lowest BCUT2D eigenvalue weighted by Crippen LogP contribution is -2.46. The smallest absolute Gasteiger partial charge is 0.319 e. The summed E-state index contributed by atoms with van der Waals surface area (Å²) in [6, 6.07) is 5.10. The third-order valence-corrected chi connectivity index (χ3v) is 4.63. The van der Waals surface area contributed by atoms with Crippen molar-refractivity contribution in [3.8, 4) is 0 Å². The highest BCUT2D eigenvalue weighted by molar-refractivity contribution is 5.97. The molecule has 1 aliphatic rings. The minimum Gasteiger partial charge on any atom is -0.355 e. The summed E-state index contributed by atoms with van der Waals surface area (Å²) in [6.45, 7) is 9.26. The average Bonchev–Trinajstić information content (AvgIpc) is 2.55. The minimum atomic E-state index is -0.241. The molecule has 1 fully saturated rings. The van der Waals surface area contributed by atoms with E-state index in [9.17, 15) is 9.59 Å². The summed E-state index contributed by atoms with van der Waals surface area (Å²) >= 11 is 0. The van der Waals surface area contributed by atoms with Crippen molar-refractivity contribution in [3.05, 3.63) is 29.3 Å². The van der Waals surface area contributed by atoms with E-state index >= 15 is 0 Å². The van der Waals surface area contributed by atoms with E-state index in [1.54, 1.807) is 19.2 Å². The fraction of sp³-hybridized carbons (Fsp3) is 0.579. The first-order valence-corrected chi connectivity index (χ1v) is 9.01. The van der Waals surface area contributed by atoms with Gasteiger partial charge in [-0.1, -0.05) is 13.0 Å². The molecule has 1 aromatic carbocycles. The zero-order valence-corrected chi connectivity index (χ0v) is 15.7. The number of aryl methyl sites for hydroxylation is 1. The predicted octanol–water partition coefficient (Wildman–Crippen LogP) is 2.60. The molecule has 6 heteroatoms. The van der Waals surface area contributed by atoms with Crippen LogP contribution in [-0.2, 0) is 0 Å². The SMILES string of the molecule is CNC(=O)c1ccc(C)c(NC(=O)N[C@@H](C)CN2CCC[C@H](C)C2)c1. The summed E-state index contributed by atoms with van der Waals surface area (Å²) < 4.78 is 0. The monoisotopic (exact) mass is 346 g/mol. The molecule has 1 aromatic rings. The molecule has 0 aliphatic carbocycles. The molecule has 2 atom stereocenters. The molecule has 0 bridgehead atoms. The number of carbonyl (C=O) groups is 2. The average molecular weight is 346 g/mol. The molecule has 0 unspecified atom stereocenters. The molecule has 6 nitrogen and oxygen atoms in total. The van der Waals surface area contributed by atoms with E-state index in [2.05, 4.69) is 27.8 Å². The van der Waals surface area contributed by atoms with Crippen LogP contribution < -0.4 is 16.0 Å². The predicted molar refractivity (Wildman–Crippen MR) is 101 cm³/mol. The van der Waals surface area contributed by atoms with Gasteiger partial charge >= 0.3 is 6.03 Å². The van der Waals surface area contributed by atoms with Crippen molar-refractivity contribution >= 4 is 17.6 Å². The molecular weight excluding hydrogens is 316 g/mol. The third kappa shape index (κ3) is 5.74. The lowest BCUT2D eigenvalue weighted by Gasteiger charge is -2.32. The minimum absolute atomic E-state index is 0.0627. The Morgan fingerprint density at radius 2 is 2.12 bits per heavy atom. The van der Waals surface area contributed by atoms with Gasteiger partial charge in [0.2, 0.25) is 0 Å². The second-order valence-corrected chi connectivity index (χ2v) is 7.12. The van der Waals surface area contributed by atoms with Crippen molar-refractivity contribution in [2.75, 3.05) is 32.0 Å². The van der Waals surface area contributed by atoms with Crippen LogP contribution in [-0.4, -0.2) is 49.6 Å².